The fourth-order valence-electron chi connectivity index (χ4n) is 3.26. The van der Waals surface area contributed by atoms with E-state index in [0.29, 0.717) is 28.5 Å². The highest BCUT2D eigenvalue weighted by Crippen LogP contribution is 2.32. The van der Waals surface area contributed by atoms with E-state index in [1.54, 1.807) is 24.7 Å². The molecule has 0 fully saturated rings. The van der Waals surface area contributed by atoms with Gasteiger partial charge in [0, 0.05) is 35.4 Å². The van der Waals surface area contributed by atoms with Gasteiger partial charge in [-0.05, 0) is 48.5 Å². The van der Waals surface area contributed by atoms with Gasteiger partial charge in [-0.15, -0.1) is 0 Å². The average Bonchev–Trinajstić information content (AvgIpc) is 3.23. The number of rotatable bonds is 4. The minimum atomic E-state index is -4.40. The van der Waals surface area contributed by atoms with Gasteiger partial charge in [0.15, 0.2) is 5.82 Å². The zero-order valence-corrected chi connectivity index (χ0v) is 16.4. The monoisotopic (exact) mass is 432 g/mol. The van der Waals surface area contributed by atoms with Gasteiger partial charge in [-0.1, -0.05) is 12.1 Å². The molecule has 32 heavy (non-hydrogen) atoms. The summed E-state index contributed by atoms with van der Waals surface area (Å²) in [7, 11) is 0. The van der Waals surface area contributed by atoms with Gasteiger partial charge in [-0.3, -0.25) is 0 Å². The van der Waals surface area contributed by atoms with Crippen molar-refractivity contribution in [3.05, 3.63) is 84.8 Å². The summed E-state index contributed by atoms with van der Waals surface area (Å²) < 4.78 is 38.9. The Morgan fingerprint density at radius 2 is 1.66 bits per heavy atom. The minimum Gasteiger partial charge on any atom is -0.340 e. The first-order valence-electron chi connectivity index (χ1n) is 9.64. The van der Waals surface area contributed by atoms with Crippen LogP contribution in [-0.2, 0) is 6.18 Å². The second-order valence-electron chi connectivity index (χ2n) is 7.03. The highest BCUT2D eigenvalue weighted by Gasteiger charge is 2.30. The fourth-order valence-corrected chi connectivity index (χ4v) is 3.26. The van der Waals surface area contributed by atoms with Crippen molar-refractivity contribution in [3.63, 3.8) is 0 Å². The van der Waals surface area contributed by atoms with E-state index in [1.165, 1.54) is 6.07 Å². The number of imidazole rings is 1. The normalized spacial score (nSPS) is 11.6. The van der Waals surface area contributed by atoms with Gasteiger partial charge in [-0.25, -0.2) is 19.9 Å². The molecule has 0 unspecified atom stereocenters. The standard InChI is InChI=1S/C23H15F3N6/c24-23(25,26)16-6-7-18-19(12-16)32-22(31-18)14-3-1-4-17(11-14)30-20-8-5-15(13-29-20)21-27-9-2-10-28-21/h1-13H,(H,29,30)(H,31,32). The molecule has 2 aromatic carbocycles. The minimum absolute atomic E-state index is 0.327. The maximum atomic E-state index is 13.0. The van der Waals surface area contributed by atoms with Crippen LogP contribution in [0.25, 0.3) is 33.8 Å². The molecular weight excluding hydrogens is 417 g/mol. The summed E-state index contributed by atoms with van der Waals surface area (Å²) in [5.74, 6) is 1.70. The number of alkyl halides is 3. The van der Waals surface area contributed by atoms with E-state index in [9.17, 15) is 13.2 Å². The number of nitrogens with zero attached hydrogens (tertiary/aromatic N) is 4. The molecule has 2 N–H and O–H groups in total. The second-order valence-corrected chi connectivity index (χ2v) is 7.03. The largest absolute Gasteiger partial charge is 0.416 e. The molecule has 0 aliphatic heterocycles. The van der Waals surface area contributed by atoms with Crippen LogP contribution in [0.3, 0.4) is 0 Å². The summed E-state index contributed by atoms with van der Waals surface area (Å²) in [6.45, 7) is 0. The molecule has 0 aliphatic rings. The van der Waals surface area contributed by atoms with E-state index in [1.807, 2.05) is 36.4 Å². The van der Waals surface area contributed by atoms with Crippen molar-refractivity contribution >= 4 is 22.5 Å². The number of H-pyrrole nitrogens is 1. The van der Waals surface area contributed by atoms with E-state index in [4.69, 9.17) is 0 Å². The Kier molecular flexibility index (Phi) is 4.78. The zero-order chi connectivity index (χ0) is 22.1. The number of aromatic nitrogens is 5. The lowest BCUT2D eigenvalue weighted by molar-refractivity contribution is -0.137. The van der Waals surface area contributed by atoms with Gasteiger partial charge in [0.25, 0.3) is 0 Å². The number of hydrogen-bond donors (Lipinski definition) is 2. The number of pyridine rings is 1. The molecule has 0 spiro atoms. The molecule has 158 valence electrons. The van der Waals surface area contributed by atoms with Crippen LogP contribution in [0.4, 0.5) is 24.7 Å². The van der Waals surface area contributed by atoms with Crippen LogP contribution < -0.4 is 5.32 Å². The number of anilines is 2. The molecule has 5 rings (SSSR count). The molecular formula is C23H15F3N6. The Morgan fingerprint density at radius 1 is 0.812 bits per heavy atom. The third-order valence-electron chi connectivity index (χ3n) is 4.81. The van der Waals surface area contributed by atoms with Gasteiger partial charge in [-0.2, -0.15) is 13.2 Å². The van der Waals surface area contributed by atoms with Gasteiger partial charge >= 0.3 is 6.18 Å². The molecule has 0 saturated carbocycles. The lowest BCUT2D eigenvalue weighted by Crippen LogP contribution is -2.04. The maximum absolute atomic E-state index is 13.0. The predicted octanol–water partition coefficient (Wildman–Crippen LogP) is 5.84. The van der Waals surface area contributed by atoms with E-state index in [0.717, 1.165) is 28.9 Å². The number of aromatic amines is 1. The quantitative estimate of drug-likeness (QED) is 0.373. The maximum Gasteiger partial charge on any atom is 0.416 e. The van der Waals surface area contributed by atoms with Gasteiger partial charge in [0.2, 0.25) is 0 Å². The first-order valence-corrected chi connectivity index (χ1v) is 9.64. The highest BCUT2D eigenvalue weighted by molar-refractivity contribution is 5.81. The Hall–Kier alpha value is -4.27. The summed E-state index contributed by atoms with van der Waals surface area (Å²) in [4.78, 5) is 20.2. The van der Waals surface area contributed by atoms with Crippen LogP contribution in [0, 0.1) is 0 Å². The smallest absolute Gasteiger partial charge is 0.340 e. The van der Waals surface area contributed by atoms with Crippen molar-refractivity contribution in [2.24, 2.45) is 0 Å². The van der Waals surface area contributed by atoms with Crippen LogP contribution in [0.2, 0.25) is 0 Å². The summed E-state index contributed by atoms with van der Waals surface area (Å²) in [6.07, 6.45) is 0.613. The van der Waals surface area contributed by atoms with Gasteiger partial charge in [0.05, 0.1) is 16.6 Å². The zero-order valence-electron chi connectivity index (χ0n) is 16.4. The van der Waals surface area contributed by atoms with Crippen molar-refractivity contribution in [2.45, 2.75) is 6.18 Å². The molecule has 0 saturated heterocycles. The van der Waals surface area contributed by atoms with Gasteiger partial charge < -0.3 is 10.3 Å². The molecule has 9 heteroatoms. The Labute approximate surface area is 180 Å². The lowest BCUT2D eigenvalue weighted by atomic mass is 10.2. The summed E-state index contributed by atoms with van der Waals surface area (Å²) in [5.41, 5.74) is 2.36. The molecule has 3 aromatic heterocycles. The van der Waals surface area contributed by atoms with Crippen molar-refractivity contribution in [2.75, 3.05) is 5.32 Å². The molecule has 6 nitrogen and oxygen atoms in total. The van der Waals surface area contributed by atoms with Crippen LogP contribution >= 0.6 is 0 Å². The first kappa shape index (κ1) is 19.7. The number of hydrogen-bond acceptors (Lipinski definition) is 5. The Balaban J connectivity index is 1.39. The molecule has 0 aliphatic carbocycles. The first-order chi connectivity index (χ1) is 15.5. The molecule has 0 bridgehead atoms. The Morgan fingerprint density at radius 3 is 2.41 bits per heavy atom. The molecule has 3 heterocycles. The number of benzene rings is 2. The van der Waals surface area contributed by atoms with Crippen molar-refractivity contribution in [1.82, 2.24) is 24.9 Å². The molecule has 0 amide bonds. The van der Waals surface area contributed by atoms with E-state index < -0.39 is 11.7 Å². The van der Waals surface area contributed by atoms with Crippen LogP contribution in [0.15, 0.2) is 79.3 Å². The SMILES string of the molecule is FC(F)(F)c1ccc2nc(-c3cccc(Nc4ccc(-c5ncccn5)cn4)c3)[nH]c2c1. The Bertz CT molecular complexity index is 1380. The summed E-state index contributed by atoms with van der Waals surface area (Å²) in [5, 5.41) is 3.21. The number of nitrogens with one attached hydrogen (secondary N) is 2. The average molecular weight is 432 g/mol. The second kappa shape index (κ2) is 7.77. The number of fused-ring (bicyclic) bond motifs is 1. The molecule has 0 radical (unpaired) electrons. The van der Waals surface area contributed by atoms with E-state index in [-0.39, 0.29) is 0 Å². The fraction of sp³-hybridized carbons (Fsp3) is 0.0435. The summed E-state index contributed by atoms with van der Waals surface area (Å²) in [6, 6.07) is 16.3. The molecule has 5 aromatic rings. The van der Waals surface area contributed by atoms with Crippen molar-refractivity contribution in [1.29, 1.82) is 0 Å². The highest BCUT2D eigenvalue weighted by atomic mass is 19.4. The van der Waals surface area contributed by atoms with Crippen molar-refractivity contribution < 1.29 is 13.2 Å². The third-order valence-corrected chi connectivity index (χ3v) is 4.81. The van der Waals surface area contributed by atoms with Crippen molar-refractivity contribution in [3.8, 4) is 22.8 Å². The lowest BCUT2D eigenvalue weighted by Gasteiger charge is -2.07. The van der Waals surface area contributed by atoms with E-state index >= 15 is 0 Å². The predicted molar refractivity (Wildman–Crippen MR) is 115 cm³/mol. The van der Waals surface area contributed by atoms with E-state index in [2.05, 4.69) is 30.2 Å². The number of halogens is 3. The van der Waals surface area contributed by atoms with Crippen LogP contribution in [0.5, 0.6) is 0 Å². The van der Waals surface area contributed by atoms with Crippen LogP contribution in [-0.4, -0.2) is 24.9 Å². The van der Waals surface area contributed by atoms with Crippen LogP contribution in [0.1, 0.15) is 5.56 Å². The third kappa shape index (κ3) is 4.00. The van der Waals surface area contributed by atoms with Gasteiger partial charge in [0.1, 0.15) is 11.6 Å². The topological polar surface area (TPSA) is 79.4 Å². The molecule has 0 atom stereocenters. The summed E-state index contributed by atoms with van der Waals surface area (Å²) >= 11 is 0.